The van der Waals surface area contributed by atoms with Crippen molar-refractivity contribution < 1.29 is 4.79 Å². The van der Waals surface area contributed by atoms with E-state index in [9.17, 15) is 4.79 Å². The van der Waals surface area contributed by atoms with Gasteiger partial charge in [0.1, 0.15) is 0 Å². The summed E-state index contributed by atoms with van der Waals surface area (Å²) in [6.45, 7) is 8.90. The lowest BCUT2D eigenvalue weighted by Crippen LogP contribution is -2.45. The fourth-order valence-electron chi connectivity index (χ4n) is 2.99. The SMILES string of the molecule is CCNC(=NCC(C)(C)C(=O)NC)NC1CCN(c2cccc(Cl)c2)C1. The summed E-state index contributed by atoms with van der Waals surface area (Å²) in [5.41, 5.74) is 0.601. The molecule has 1 aliphatic heterocycles. The predicted molar refractivity (Wildman–Crippen MR) is 109 cm³/mol. The summed E-state index contributed by atoms with van der Waals surface area (Å²) in [6.07, 6.45) is 1.02. The fourth-order valence-corrected chi connectivity index (χ4v) is 3.17. The van der Waals surface area contributed by atoms with E-state index in [1.807, 2.05) is 39.0 Å². The second-order valence-corrected chi connectivity index (χ2v) is 7.65. The quantitative estimate of drug-likeness (QED) is 0.523. The molecule has 1 saturated heterocycles. The van der Waals surface area contributed by atoms with Crippen LogP contribution in [0.5, 0.6) is 0 Å². The van der Waals surface area contributed by atoms with Crippen LogP contribution < -0.4 is 20.9 Å². The summed E-state index contributed by atoms with van der Waals surface area (Å²) >= 11 is 6.10. The van der Waals surface area contributed by atoms with Crippen molar-refractivity contribution in [3.63, 3.8) is 0 Å². The molecule has 144 valence electrons. The molecule has 2 rings (SSSR count). The minimum Gasteiger partial charge on any atom is -0.369 e. The van der Waals surface area contributed by atoms with Crippen molar-refractivity contribution in [1.29, 1.82) is 0 Å². The van der Waals surface area contributed by atoms with Gasteiger partial charge in [-0.15, -0.1) is 0 Å². The van der Waals surface area contributed by atoms with E-state index in [-0.39, 0.29) is 5.91 Å². The Morgan fingerprint density at radius 1 is 1.42 bits per heavy atom. The van der Waals surface area contributed by atoms with Gasteiger partial charge >= 0.3 is 0 Å². The van der Waals surface area contributed by atoms with Crippen molar-refractivity contribution in [2.24, 2.45) is 10.4 Å². The number of halogens is 1. The minimum atomic E-state index is -0.542. The Hall–Kier alpha value is -1.95. The van der Waals surface area contributed by atoms with Crippen molar-refractivity contribution in [3.05, 3.63) is 29.3 Å². The van der Waals surface area contributed by atoms with Crippen LogP contribution in [0.1, 0.15) is 27.2 Å². The van der Waals surface area contributed by atoms with Crippen molar-refractivity contribution in [1.82, 2.24) is 16.0 Å². The van der Waals surface area contributed by atoms with Gasteiger partial charge in [-0.3, -0.25) is 9.79 Å². The summed E-state index contributed by atoms with van der Waals surface area (Å²) in [6, 6.07) is 8.25. The maximum absolute atomic E-state index is 11.9. The molecule has 0 saturated carbocycles. The Bertz CT molecular complexity index is 647. The molecule has 1 aliphatic rings. The van der Waals surface area contributed by atoms with Crippen LogP contribution >= 0.6 is 11.6 Å². The molecule has 1 heterocycles. The Balaban J connectivity index is 1.97. The largest absolute Gasteiger partial charge is 0.369 e. The molecule has 26 heavy (non-hydrogen) atoms. The molecule has 0 radical (unpaired) electrons. The van der Waals surface area contributed by atoms with Gasteiger partial charge < -0.3 is 20.9 Å². The van der Waals surface area contributed by atoms with Crippen LogP contribution in [0.25, 0.3) is 0 Å². The lowest BCUT2D eigenvalue weighted by atomic mass is 9.93. The zero-order valence-corrected chi connectivity index (χ0v) is 16.9. The van der Waals surface area contributed by atoms with E-state index in [1.54, 1.807) is 7.05 Å². The van der Waals surface area contributed by atoms with Crippen LogP contribution in [0.15, 0.2) is 29.3 Å². The molecule has 1 aromatic rings. The number of rotatable bonds is 6. The Labute approximate surface area is 161 Å². The first kappa shape index (κ1) is 20.4. The number of amides is 1. The summed E-state index contributed by atoms with van der Waals surface area (Å²) < 4.78 is 0. The van der Waals surface area contributed by atoms with Crippen molar-refractivity contribution in [3.8, 4) is 0 Å². The zero-order valence-electron chi connectivity index (χ0n) is 16.1. The van der Waals surface area contributed by atoms with Crippen molar-refractivity contribution >= 4 is 29.2 Å². The summed E-state index contributed by atoms with van der Waals surface area (Å²) in [4.78, 5) is 18.9. The number of nitrogens with zero attached hydrogens (tertiary/aromatic N) is 2. The van der Waals surface area contributed by atoms with Gasteiger partial charge in [0.25, 0.3) is 0 Å². The highest BCUT2D eigenvalue weighted by Crippen LogP contribution is 2.23. The smallest absolute Gasteiger partial charge is 0.227 e. The van der Waals surface area contributed by atoms with Gasteiger partial charge in [-0.1, -0.05) is 17.7 Å². The second-order valence-electron chi connectivity index (χ2n) is 7.21. The van der Waals surface area contributed by atoms with Crippen molar-refractivity contribution in [2.75, 3.05) is 38.1 Å². The maximum atomic E-state index is 11.9. The van der Waals surface area contributed by atoms with Gasteiger partial charge in [-0.05, 0) is 45.4 Å². The minimum absolute atomic E-state index is 0.00917. The van der Waals surface area contributed by atoms with Gasteiger partial charge in [-0.25, -0.2) is 0 Å². The maximum Gasteiger partial charge on any atom is 0.227 e. The van der Waals surface area contributed by atoms with E-state index in [2.05, 4.69) is 31.9 Å². The molecule has 0 aromatic heterocycles. The topological polar surface area (TPSA) is 68.8 Å². The molecule has 0 aliphatic carbocycles. The molecular weight excluding hydrogens is 350 g/mol. The van der Waals surface area contributed by atoms with Crippen LogP contribution in [0.4, 0.5) is 5.69 Å². The monoisotopic (exact) mass is 379 g/mol. The zero-order chi connectivity index (χ0) is 19.2. The molecule has 1 fully saturated rings. The summed E-state index contributed by atoms with van der Waals surface area (Å²) in [5, 5.41) is 10.2. The Kier molecular flexibility index (Phi) is 7.14. The third-order valence-electron chi connectivity index (χ3n) is 4.52. The van der Waals surface area contributed by atoms with Gasteiger partial charge in [0.05, 0.1) is 12.0 Å². The number of hydrogen-bond acceptors (Lipinski definition) is 3. The number of carbonyl (C=O) groups excluding carboxylic acids is 1. The van der Waals surface area contributed by atoms with Gasteiger partial charge in [-0.2, -0.15) is 0 Å². The number of guanidine groups is 1. The summed E-state index contributed by atoms with van der Waals surface area (Å²) in [5.74, 6) is 0.743. The van der Waals surface area contributed by atoms with E-state index in [4.69, 9.17) is 11.6 Å². The van der Waals surface area contributed by atoms with E-state index < -0.39 is 5.41 Å². The molecule has 7 heteroatoms. The molecular formula is C19H30ClN5O. The first-order valence-corrected chi connectivity index (χ1v) is 9.51. The number of nitrogens with one attached hydrogen (secondary N) is 3. The third-order valence-corrected chi connectivity index (χ3v) is 4.76. The highest BCUT2D eigenvalue weighted by Gasteiger charge is 2.27. The summed E-state index contributed by atoms with van der Waals surface area (Å²) in [7, 11) is 1.65. The average Bonchev–Trinajstić information content (AvgIpc) is 3.08. The van der Waals surface area contributed by atoms with Gasteiger partial charge in [0, 0.05) is 43.4 Å². The molecule has 0 bridgehead atoms. The number of benzene rings is 1. The Morgan fingerprint density at radius 3 is 2.85 bits per heavy atom. The van der Waals surface area contributed by atoms with E-state index in [0.717, 1.165) is 42.7 Å². The first-order chi connectivity index (χ1) is 12.4. The van der Waals surface area contributed by atoms with Crippen LogP contribution in [0.2, 0.25) is 5.02 Å². The molecule has 0 spiro atoms. The van der Waals surface area contributed by atoms with E-state index in [0.29, 0.717) is 12.6 Å². The lowest BCUT2D eigenvalue weighted by Gasteiger charge is -2.23. The predicted octanol–water partition coefficient (Wildman–Crippen LogP) is 2.25. The van der Waals surface area contributed by atoms with Crippen molar-refractivity contribution in [2.45, 2.75) is 33.2 Å². The highest BCUT2D eigenvalue weighted by molar-refractivity contribution is 6.30. The molecule has 1 atom stereocenters. The highest BCUT2D eigenvalue weighted by atomic mass is 35.5. The normalized spacial score (nSPS) is 18.0. The standard InChI is InChI=1S/C19H30ClN5O/c1-5-22-18(23-13-19(2,3)17(26)21-4)24-15-9-10-25(12-15)16-8-6-7-14(20)11-16/h6-8,11,15H,5,9-10,12-13H2,1-4H3,(H,21,26)(H2,22,23,24). The number of hydrogen-bond donors (Lipinski definition) is 3. The Morgan fingerprint density at radius 2 is 2.19 bits per heavy atom. The molecule has 3 N–H and O–H groups in total. The van der Waals surface area contributed by atoms with Crippen LogP contribution in [-0.2, 0) is 4.79 Å². The molecule has 1 unspecified atom stereocenters. The van der Waals surface area contributed by atoms with Crippen LogP contribution in [-0.4, -0.2) is 51.1 Å². The van der Waals surface area contributed by atoms with Crippen LogP contribution in [0.3, 0.4) is 0 Å². The second kappa shape index (κ2) is 9.12. The fraction of sp³-hybridized carbons (Fsp3) is 0.579. The van der Waals surface area contributed by atoms with Crippen LogP contribution in [0, 0.1) is 5.41 Å². The number of carbonyl (C=O) groups is 1. The molecule has 1 amide bonds. The van der Waals surface area contributed by atoms with E-state index in [1.165, 1.54) is 0 Å². The lowest BCUT2D eigenvalue weighted by molar-refractivity contribution is -0.128. The molecule has 1 aromatic carbocycles. The van der Waals surface area contributed by atoms with Gasteiger partial charge in [0.15, 0.2) is 5.96 Å². The average molecular weight is 380 g/mol. The van der Waals surface area contributed by atoms with E-state index >= 15 is 0 Å². The third kappa shape index (κ3) is 5.53. The van der Waals surface area contributed by atoms with Gasteiger partial charge in [0.2, 0.25) is 5.91 Å². The number of anilines is 1. The number of aliphatic imine (C=N–C) groups is 1. The molecule has 6 nitrogen and oxygen atoms in total. The first-order valence-electron chi connectivity index (χ1n) is 9.13.